The molecule has 2 aliphatic heterocycles. The lowest BCUT2D eigenvalue weighted by Gasteiger charge is -2.41. The van der Waals surface area contributed by atoms with Crippen molar-refractivity contribution in [2.75, 3.05) is 18.8 Å². The van der Waals surface area contributed by atoms with Gasteiger partial charge in [-0.25, -0.2) is 0 Å². The van der Waals surface area contributed by atoms with Crippen LogP contribution in [0.25, 0.3) is 0 Å². The first kappa shape index (κ1) is 12.2. The van der Waals surface area contributed by atoms with E-state index in [9.17, 15) is 4.79 Å². The molecule has 0 bridgehead atoms. The summed E-state index contributed by atoms with van der Waals surface area (Å²) in [5, 5.41) is 3.42. The average molecular weight is 242 g/mol. The molecule has 0 aromatic carbocycles. The molecule has 1 N–H and O–H groups in total. The van der Waals surface area contributed by atoms with Crippen molar-refractivity contribution in [3.63, 3.8) is 0 Å². The van der Waals surface area contributed by atoms with Gasteiger partial charge < -0.3 is 10.2 Å². The maximum atomic E-state index is 12.6. The maximum Gasteiger partial charge on any atom is 0.238 e. The molecule has 3 nitrogen and oxygen atoms in total. The Morgan fingerprint density at radius 2 is 2.25 bits per heavy atom. The summed E-state index contributed by atoms with van der Waals surface area (Å²) in [5.74, 6) is 1.49. The second kappa shape index (κ2) is 4.57. The fourth-order valence-electron chi connectivity index (χ4n) is 2.56. The number of hydrogen-bond acceptors (Lipinski definition) is 3. The highest BCUT2D eigenvalue weighted by atomic mass is 32.2. The minimum absolute atomic E-state index is 0.147. The van der Waals surface area contributed by atoms with Crippen molar-refractivity contribution >= 4 is 17.7 Å². The number of piperazine rings is 1. The van der Waals surface area contributed by atoms with Crippen LogP contribution in [0.1, 0.15) is 33.6 Å². The molecule has 0 aliphatic carbocycles. The molecule has 0 aromatic heterocycles. The van der Waals surface area contributed by atoms with Crippen molar-refractivity contribution in [2.45, 2.75) is 50.4 Å². The molecule has 3 unspecified atom stereocenters. The fraction of sp³-hybridized carbons (Fsp3) is 0.917. The van der Waals surface area contributed by atoms with Crippen LogP contribution in [-0.4, -0.2) is 46.5 Å². The monoisotopic (exact) mass is 242 g/mol. The van der Waals surface area contributed by atoms with Crippen LogP contribution in [0.5, 0.6) is 0 Å². The second-order valence-corrected chi connectivity index (χ2v) is 6.90. The van der Waals surface area contributed by atoms with Crippen LogP contribution in [0.3, 0.4) is 0 Å². The number of carbonyl (C=O) groups is 1. The van der Waals surface area contributed by atoms with Gasteiger partial charge in [0.25, 0.3) is 0 Å². The fourth-order valence-corrected chi connectivity index (χ4v) is 3.82. The number of rotatable bonds is 1. The predicted octanol–water partition coefficient (Wildman–Crippen LogP) is 1.48. The Hall–Kier alpha value is -0.220. The van der Waals surface area contributed by atoms with E-state index in [-0.39, 0.29) is 4.75 Å². The van der Waals surface area contributed by atoms with Gasteiger partial charge in [-0.3, -0.25) is 4.79 Å². The number of carbonyl (C=O) groups excluding carboxylic acids is 1. The quantitative estimate of drug-likeness (QED) is 0.756. The molecule has 2 rings (SSSR count). The van der Waals surface area contributed by atoms with Crippen LogP contribution in [0, 0.1) is 0 Å². The predicted molar refractivity (Wildman–Crippen MR) is 68.7 cm³/mol. The molecule has 2 fully saturated rings. The Balaban J connectivity index is 2.07. The second-order valence-electron chi connectivity index (χ2n) is 5.30. The molecular weight excluding hydrogens is 220 g/mol. The van der Waals surface area contributed by atoms with E-state index in [2.05, 4.69) is 31.0 Å². The Bertz CT molecular complexity index is 276. The number of thioether (sulfide) groups is 1. The van der Waals surface area contributed by atoms with E-state index in [1.54, 1.807) is 0 Å². The Kier molecular flexibility index (Phi) is 3.50. The van der Waals surface area contributed by atoms with Crippen LogP contribution >= 0.6 is 11.8 Å². The van der Waals surface area contributed by atoms with E-state index in [1.165, 1.54) is 6.42 Å². The molecule has 16 heavy (non-hydrogen) atoms. The van der Waals surface area contributed by atoms with Gasteiger partial charge in [0.1, 0.15) is 0 Å². The van der Waals surface area contributed by atoms with Gasteiger partial charge in [0, 0.05) is 25.2 Å². The summed E-state index contributed by atoms with van der Waals surface area (Å²) in [6.07, 6.45) is 2.23. The first-order valence-electron chi connectivity index (χ1n) is 6.21. The van der Waals surface area contributed by atoms with Gasteiger partial charge in [0.05, 0.1) is 4.75 Å². The van der Waals surface area contributed by atoms with Crippen molar-refractivity contribution in [1.29, 1.82) is 0 Å². The summed E-state index contributed by atoms with van der Waals surface area (Å²) < 4.78 is -0.147. The van der Waals surface area contributed by atoms with E-state index in [0.29, 0.717) is 18.0 Å². The van der Waals surface area contributed by atoms with Gasteiger partial charge in [-0.2, -0.15) is 0 Å². The highest BCUT2D eigenvalue weighted by Crippen LogP contribution is 2.39. The molecule has 2 saturated heterocycles. The molecule has 0 saturated carbocycles. The van der Waals surface area contributed by atoms with Gasteiger partial charge in [-0.05, 0) is 39.4 Å². The lowest BCUT2D eigenvalue weighted by atomic mass is 10.0. The molecule has 4 heteroatoms. The van der Waals surface area contributed by atoms with Crippen molar-refractivity contribution < 1.29 is 4.79 Å². The van der Waals surface area contributed by atoms with Gasteiger partial charge in [-0.15, -0.1) is 11.8 Å². The smallest absolute Gasteiger partial charge is 0.238 e. The van der Waals surface area contributed by atoms with E-state index >= 15 is 0 Å². The molecule has 3 atom stereocenters. The van der Waals surface area contributed by atoms with Crippen LogP contribution in [0.4, 0.5) is 0 Å². The minimum Gasteiger partial charge on any atom is -0.336 e. The normalized spacial score (nSPS) is 40.1. The summed E-state index contributed by atoms with van der Waals surface area (Å²) in [6, 6.07) is 0.761. The highest BCUT2D eigenvalue weighted by Gasteiger charge is 2.42. The molecule has 0 aromatic rings. The van der Waals surface area contributed by atoms with Crippen LogP contribution in [0.2, 0.25) is 0 Å². The average Bonchev–Trinajstić information content (AvgIpc) is 2.69. The third-order valence-electron chi connectivity index (χ3n) is 3.70. The summed E-state index contributed by atoms with van der Waals surface area (Å²) in [4.78, 5) is 14.6. The maximum absolute atomic E-state index is 12.6. The third-order valence-corrected chi connectivity index (χ3v) is 5.21. The zero-order chi connectivity index (χ0) is 11.8. The van der Waals surface area contributed by atoms with E-state index in [1.807, 2.05) is 11.8 Å². The number of nitrogens with one attached hydrogen (secondary N) is 1. The molecule has 0 spiro atoms. The summed E-state index contributed by atoms with van der Waals surface area (Å²) in [7, 11) is 0. The first-order valence-corrected chi connectivity index (χ1v) is 7.20. The topological polar surface area (TPSA) is 32.3 Å². The summed E-state index contributed by atoms with van der Waals surface area (Å²) in [6.45, 7) is 8.19. The Morgan fingerprint density at radius 1 is 1.50 bits per heavy atom. The molecule has 2 aliphatic rings. The van der Waals surface area contributed by atoms with Crippen molar-refractivity contribution in [3.05, 3.63) is 0 Å². The standard InChI is InChI=1S/C12H22N2OS/c1-9-8-14(10(2)7-13-9)11(15)12(3)5-4-6-16-12/h9-10,13H,4-8H2,1-3H3. The van der Waals surface area contributed by atoms with E-state index < -0.39 is 0 Å². The number of hydrogen-bond donors (Lipinski definition) is 1. The van der Waals surface area contributed by atoms with Gasteiger partial charge in [-0.1, -0.05) is 0 Å². The zero-order valence-electron chi connectivity index (χ0n) is 10.5. The minimum atomic E-state index is -0.147. The Labute approximate surface area is 102 Å². The zero-order valence-corrected chi connectivity index (χ0v) is 11.3. The first-order chi connectivity index (χ1) is 7.53. The summed E-state index contributed by atoms with van der Waals surface area (Å²) in [5.41, 5.74) is 0. The molecule has 0 radical (unpaired) electrons. The Morgan fingerprint density at radius 3 is 2.88 bits per heavy atom. The lowest BCUT2D eigenvalue weighted by molar-refractivity contribution is -0.136. The van der Waals surface area contributed by atoms with Crippen molar-refractivity contribution in [3.8, 4) is 0 Å². The van der Waals surface area contributed by atoms with Crippen LogP contribution in [0.15, 0.2) is 0 Å². The molecule has 2 heterocycles. The third kappa shape index (κ3) is 2.23. The van der Waals surface area contributed by atoms with Gasteiger partial charge in [0.15, 0.2) is 0 Å². The number of nitrogens with zero attached hydrogens (tertiary/aromatic N) is 1. The number of amides is 1. The van der Waals surface area contributed by atoms with E-state index in [0.717, 1.165) is 25.3 Å². The summed E-state index contributed by atoms with van der Waals surface area (Å²) >= 11 is 1.84. The highest BCUT2D eigenvalue weighted by molar-refractivity contribution is 8.01. The van der Waals surface area contributed by atoms with Gasteiger partial charge >= 0.3 is 0 Å². The SMILES string of the molecule is CC1CN(C(=O)C2(C)CCCS2)C(C)CN1. The van der Waals surface area contributed by atoms with E-state index in [4.69, 9.17) is 0 Å². The largest absolute Gasteiger partial charge is 0.336 e. The van der Waals surface area contributed by atoms with Crippen LogP contribution < -0.4 is 5.32 Å². The lowest BCUT2D eigenvalue weighted by Crippen LogP contribution is -2.59. The molecule has 1 amide bonds. The molecular formula is C12H22N2OS. The van der Waals surface area contributed by atoms with Crippen molar-refractivity contribution in [1.82, 2.24) is 10.2 Å². The van der Waals surface area contributed by atoms with Crippen LogP contribution in [-0.2, 0) is 4.79 Å². The van der Waals surface area contributed by atoms with Gasteiger partial charge in [0.2, 0.25) is 5.91 Å². The van der Waals surface area contributed by atoms with Crippen molar-refractivity contribution in [2.24, 2.45) is 0 Å². The molecule has 92 valence electrons.